The lowest BCUT2D eigenvalue weighted by Gasteiger charge is -2.03. The van der Waals surface area contributed by atoms with E-state index in [1.54, 1.807) is 41.7 Å². The van der Waals surface area contributed by atoms with E-state index in [2.05, 4.69) is 25.0 Å². The Kier molecular flexibility index (Phi) is 3.19. The highest BCUT2D eigenvalue weighted by Crippen LogP contribution is 2.25. The molecular weight excluding hydrogens is 296 g/mol. The lowest BCUT2D eigenvalue weighted by molar-refractivity contribution is 0.300. The van der Waals surface area contributed by atoms with Crippen molar-refractivity contribution >= 4 is 11.2 Å². The van der Waals surface area contributed by atoms with Crippen LogP contribution in [0.15, 0.2) is 47.7 Å². The third kappa shape index (κ3) is 2.73. The van der Waals surface area contributed by atoms with Gasteiger partial charge in [-0.25, -0.2) is 9.97 Å². The number of aromatic nitrogens is 6. The molecule has 0 radical (unpaired) electrons. The third-order valence-corrected chi connectivity index (χ3v) is 3.18. The maximum atomic E-state index is 5.66. The highest BCUT2D eigenvalue weighted by atomic mass is 16.5. The van der Waals surface area contributed by atoms with Crippen molar-refractivity contribution in [3.63, 3.8) is 0 Å². The molecule has 4 aromatic heterocycles. The molecule has 0 saturated carbocycles. The van der Waals surface area contributed by atoms with Gasteiger partial charge in [0.15, 0.2) is 0 Å². The largest absolute Gasteiger partial charge is 0.486 e. The van der Waals surface area contributed by atoms with Crippen molar-refractivity contribution in [3.05, 3.63) is 48.9 Å². The quantitative estimate of drug-likeness (QED) is 0.569. The van der Waals surface area contributed by atoms with Crippen LogP contribution in [0, 0.1) is 0 Å². The fourth-order valence-corrected chi connectivity index (χ4v) is 2.10. The van der Waals surface area contributed by atoms with Gasteiger partial charge in [0.25, 0.3) is 0 Å². The minimum Gasteiger partial charge on any atom is -0.486 e. The molecule has 0 bridgehead atoms. The van der Waals surface area contributed by atoms with E-state index < -0.39 is 0 Å². The minimum atomic E-state index is 0.314. The van der Waals surface area contributed by atoms with Crippen LogP contribution in [0.5, 0.6) is 5.75 Å². The molecule has 0 saturated heterocycles. The van der Waals surface area contributed by atoms with E-state index in [-0.39, 0.29) is 0 Å². The number of nitrogens with zero attached hydrogens (tertiary/aromatic N) is 6. The number of ether oxygens (including phenoxy) is 1. The molecule has 23 heavy (non-hydrogen) atoms. The second-order valence-electron chi connectivity index (χ2n) is 4.90. The Labute approximate surface area is 130 Å². The topological polar surface area (TPSA) is 91.8 Å². The standard InChI is InChI=1S/C15H12N6O2/c1-21-8-10(5-19-21)14-20-13-4-12(7-18-15(13)23-14)22-9-11-6-16-2-3-17-11/h2-8H,9H2,1H3. The van der Waals surface area contributed by atoms with E-state index in [9.17, 15) is 0 Å². The highest BCUT2D eigenvalue weighted by molar-refractivity contribution is 5.73. The summed E-state index contributed by atoms with van der Waals surface area (Å²) in [4.78, 5) is 16.8. The Morgan fingerprint density at radius 1 is 1.17 bits per heavy atom. The predicted octanol–water partition coefficient (Wildman–Crippen LogP) is 1.99. The molecule has 4 rings (SSSR count). The second kappa shape index (κ2) is 5.48. The molecule has 8 nitrogen and oxygen atoms in total. The summed E-state index contributed by atoms with van der Waals surface area (Å²) in [5.74, 6) is 1.07. The van der Waals surface area contributed by atoms with Crippen LogP contribution in [-0.2, 0) is 13.7 Å². The Hall–Kier alpha value is -3.29. The molecule has 0 N–H and O–H groups in total. The van der Waals surface area contributed by atoms with Gasteiger partial charge in [0.2, 0.25) is 11.6 Å². The summed E-state index contributed by atoms with van der Waals surface area (Å²) < 4.78 is 13.0. The molecule has 4 heterocycles. The van der Waals surface area contributed by atoms with Gasteiger partial charge in [-0.2, -0.15) is 5.10 Å². The first-order valence-corrected chi connectivity index (χ1v) is 6.91. The van der Waals surface area contributed by atoms with Crippen molar-refractivity contribution in [2.24, 2.45) is 7.05 Å². The maximum Gasteiger partial charge on any atom is 0.247 e. The van der Waals surface area contributed by atoms with Gasteiger partial charge in [0.1, 0.15) is 17.9 Å². The average molecular weight is 308 g/mol. The van der Waals surface area contributed by atoms with E-state index in [0.29, 0.717) is 29.5 Å². The first-order valence-electron chi connectivity index (χ1n) is 6.91. The molecule has 0 atom stereocenters. The van der Waals surface area contributed by atoms with E-state index in [1.165, 1.54) is 0 Å². The molecule has 0 unspecified atom stereocenters. The molecule has 114 valence electrons. The molecule has 0 spiro atoms. The molecular formula is C15H12N6O2. The number of rotatable bonds is 4. The zero-order chi connectivity index (χ0) is 15.6. The SMILES string of the molecule is Cn1cc(-c2nc3cc(OCc4cnccn4)cnc3o2)cn1. The van der Waals surface area contributed by atoms with Crippen LogP contribution in [0.1, 0.15) is 5.69 Å². The highest BCUT2D eigenvalue weighted by Gasteiger charge is 2.12. The molecule has 0 amide bonds. The van der Waals surface area contributed by atoms with E-state index in [4.69, 9.17) is 9.15 Å². The van der Waals surface area contributed by atoms with Gasteiger partial charge >= 0.3 is 0 Å². The summed E-state index contributed by atoms with van der Waals surface area (Å²) in [6.45, 7) is 0.314. The van der Waals surface area contributed by atoms with E-state index in [1.807, 2.05) is 13.2 Å². The van der Waals surface area contributed by atoms with Crippen LogP contribution in [0.25, 0.3) is 22.7 Å². The molecule has 0 aromatic carbocycles. The van der Waals surface area contributed by atoms with E-state index in [0.717, 1.165) is 11.3 Å². The summed E-state index contributed by atoms with van der Waals surface area (Å²) in [7, 11) is 1.84. The van der Waals surface area contributed by atoms with Crippen molar-refractivity contribution in [2.45, 2.75) is 6.61 Å². The molecule has 0 aliphatic carbocycles. The summed E-state index contributed by atoms with van der Waals surface area (Å²) in [5, 5.41) is 4.10. The summed E-state index contributed by atoms with van der Waals surface area (Å²) in [5.41, 5.74) is 2.62. The van der Waals surface area contributed by atoms with Crippen molar-refractivity contribution in [1.82, 2.24) is 29.7 Å². The Bertz CT molecular complexity index is 947. The fourth-order valence-electron chi connectivity index (χ4n) is 2.10. The predicted molar refractivity (Wildman–Crippen MR) is 80.4 cm³/mol. The van der Waals surface area contributed by atoms with Crippen LogP contribution in [0.4, 0.5) is 0 Å². The van der Waals surface area contributed by atoms with Crippen molar-refractivity contribution in [2.75, 3.05) is 0 Å². The minimum absolute atomic E-state index is 0.314. The van der Waals surface area contributed by atoms with Gasteiger partial charge in [-0.15, -0.1) is 0 Å². The summed E-state index contributed by atoms with van der Waals surface area (Å²) in [6.07, 6.45) is 10.0. The second-order valence-corrected chi connectivity index (χ2v) is 4.90. The summed E-state index contributed by atoms with van der Waals surface area (Å²) >= 11 is 0. The van der Waals surface area contributed by atoms with Crippen LogP contribution in [0.3, 0.4) is 0 Å². The van der Waals surface area contributed by atoms with Crippen molar-refractivity contribution < 1.29 is 9.15 Å². The number of hydrogen-bond acceptors (Lipinski definition) is 7. The smallest absolute Gasteiger partial charge is 0.247 e. The van der Waals surface area contributed by atoms with Gasteiger partial charge in [-0.3, -0.25) is 14.6 Å². The molecule has 8 heteroatoms. The Morgan fingerprint density at radius 3 is 2.91 bits per heavy atom. The average Bonchev–Trinajstić information content (AvgIpc) is 3.19. The van der Waals surface area contributed by atoms with Gasteiger partial charge in [0.05, 0.1) is 29.8 Å². The van der Waals surface area contributed by atoms with Crippen LogP contribution in [-0.4, -0.2) is 29.7 Å². The van der Waals surface area contributed by atoms with Crippen LogP contribution < -0.4 is 4.74 Å². The van der Waals surface area contributed by atoms with Gasteiger partial charge in [-0.1, -0.05) is 0 Å². The zero-order valence-electron chi connectivity index (χ0n) is 12.2. The number of fused-ring (bicyclic) bond motifs is 1. The van der Waals surface area contributed by atoms with Gasteiger partial charge in [0, 0.05) is 31.7 Å². The zero-order valence-corrected chi connectivity index (χ0v) is 12.2. The molecule has 0 aliphatic heterocycles. The maximum absolute atomic E-state index is 5.66. The first-order chi connectivity index (χ1) is 11.3. The molecule has 0 aliphatic rings. The molecule has 4 aromatic rings. The fraction of sp³-hybridized carbons (Fsp3) is 0.133. The lowest BCUT2D eigenvalue weighted by Crippen LogP contribution is -1.98. The normalized spacial score (nSPS) is 11.0. The van der Waals surface area contributed by atoms with Crippen LogP contribution >= 0.6 is 0 Å². The van der Waals surface area contributed by atoms with Crippen molar-refractivity contribution in [3.8, 4) is 17.2 Å². The Morgan fingerprint density at radius 2 is 2.13 bits per heavy atom. The van der Waals surface area contributed by atoms with Gasteiger partial charge < -0.3 is 9.15 Å². The van der Waals surface area contributed by atoms with Crippen LogP contribution in [0.2, 0.25) is 0 Å². The molecule has 0 fully saturated rings. The third-order valence-electron chi connectivity index (χ3n) is 3.18. The Balaban J connectivity index is 1.58. The number of hydrogen-bond donors (Lipinski definition) is 0. The number of oxazole rings is 1. The first kappa shape index (κ1) is 13.4. The van der Waals surface area contributed by atoms with Crippen molar-refractivity contribution in [1.29, 1.82) is 0 Å². The lowest BCUT2D eigenvalue weighted by atomic mass is 10.4. The van der Waals surface area contributed by atoms with E-state index >= 15 is 0 Å². The summed E-state index contributed by atoms with van der Waals surface area (Å²) in [6, 6.07) is 1.78. The number of aryl methyl sites for hydroxylation is 1. The number of pyridine rings is 1. The van der Waals surface area contributed by atoms with Gasteiger partial charge in [-0.05, 0) is 0 Å². The monoisotopic (exact) mass is 308 g/mol.